The van der Waals surface area contributed by atoms with Crippen molar-refractivity contribution in [2.75, 3.05) is 18.9 Å². The van der Waals surface area contributed by atoms with Crippen molar-refractivity contribution in [3.05, 3.63) is 28.8 Å². The lowest BCUT2D eigenvalue weighted by Crippen LogP contribution is -2.26. The Morgan fingerprint density at radius 1 is 1.50 bits per heavy atom. The van der Waals surface area contributed by atoms with Crippen molar-refractivity contribution in [2.45, 2.75) is 25.4 Å². The van der Waals surface area contributed by atoms with Crippen molar-refractivity contribution in [1.29, 1.82) is 0 Å². The smallest absolute Gasteiger partial charge is 0.339 e. The summed E-state index contributed by atoms with van der Waals surface area (Å²) in [5.41, 5.74) is 6.40. The Balaban J connectivity index is 1.92. The highest BCUT2D eigenvalue weighted by atomic mass is 35.5. The van der Waals surface area contributed by atoms with Crippen LogP contribution in [0.1, 0.15) is 29.6 Å². The van der Waals surface area contributed by atoms with Crippen molar-refractivity contribution < 1.29 is 14.3 Å². The first-order valence-electron chi connectivity index (χ1n) is 6.00. The molecule has 4 nitrogen and oxygen atoms in total. The van der Waals surface area contributed by atoms with Gasteiger partial charge in [-0.1, -0.05) is 11.6 Å². The SMILES string of the molecule is Nc1ccc(Cl)c(C(=O)OCC2CCCCO2)c1. The molecule has 98 valence electrons. The number of carbonyl (C=O) groups excluding carboxylic acids is 1. The van der Waals surface area contributed by atoms with Crippen LogP contribution in [0.25, 0.3) is 0 Å². The maximum Gasteiger partial charge on any atom is 0.339 e. The van der Waals surface area contributed by atoms with Gasteiger partial charge < -0.3 is 15.2 Å². The number of nitrogen functional groups attached to an aromatic ring is 1. The lowest BCUT2D eigenvalue weighted by atomic mass is 10.1. The zero-order chi connectivity index (χ0) is 13.0. The third-order valence-electron chi connectivity index (χ3n) is 2.88. The molecule has 0 amide bonds. The number of ether oxygens (including phenoxy) is 2. The third kappa shape index (κ3) is 3.37. The summed E-state index contributed by atoms with van der Waals surface area (Å²) in [5.74, 6) is -0.457. The molecule has 0 bridgehead atoms. The van der Waals surface area contributed by atoms with Crippen molar-refractivity contribution in [3.63, 3.8) is 0 Å². The fourth-order valence-electron chi connectivity index (χ4n) is 1.88. The molecule has 18 heavy (non-hydrogen) atoms. The summed E-state index contributed by atoms with van der Waals surface area (Å²) in [6, 6.07) is 4.75. The second-order valence-electron chi connectivity index (χ2n) is 4.33. The third-order valence-corrected chi connectivity index (χ3v) is 3.21. The van der Waals surface area contributed by atoms with E-state index in [9.17, 15) is 4.79 Å². The van der Waals surface area contributed by atoms with E-state index in [1.807, 2.05) is 0 Å². The first-order valence-corrected chi connectivity index (χ1v) is 6.38. The number of rotatable bonds is 3. The number of hydrogen-bond donors (Lipinski definition) is 1. The molecule has 1 fully saturated rings. The van der Waals surface area contributed by atoms with Crippen LogP contribution in [-0.2, 0) is 9.47 Å². The fraction of sp³-hybridized carbons (Fsp3) is 0.462. The second kappa shape index (κ2) is 6.07. The van der Waals surface area contributed by atoms with Crippen LogP contribution < -0.4 is 5.73 Å². The Labute approximate surface area is 111 Å². The highest BCUT2D eigenvalue weighted by Gasteiger charge is 2.18. The van der Waals surface area contributed by atoms with E-state index >= 15 is 0 Å². The van der Waals surface area contributed by atoms with Gasteiger partial charge in [-0.05, 0) is 37.5 Å². The molecule has 0 aromatic heterocycles. The molecule has 1 aromatic carbocycles. The molecular weight excluding hydrogens is 254 g/mol. The molecule has 1 aliphatic rings. The number of nitrogens with two attached hydrogens (primary N) is 1. The van der Waals surface area contributed by atoms with Gasteiger partial charge in [-0.3, -0.25) is 0 Å². The van der Waals surface area contributed by atoms with Crippen LogP contribution in [0.2, 0.25) is 5.02 Å². The Bertz CT molecular complexity index is 430. The quantitative estimate of drug-likeness (QED) is 0.677. The van der Waals surface area contributed by atoms with Gasteiger partial charge in [-0.25, -0.2) is 4.79 Å². The average molecular weight is 270 g/mol. The molecule has 1 atom stereocenters. The van der Waals surface area contributed by atoms with Crippen LogP contribution >= 0.6 is 11.6 Å². The molecule has 0 aliphatic carbocycles. The van der Waals surface area contributed by atoms with E-state index < -0.39 is 5.97 Å². The summed E-state index contributed by atoms with van der Waals surface area (Å²) in [6.45, 7) is 1.01. The minimum Gasteiger partial charge on any atom is -0.459 e. The normalized spacial score (nSPS) is 19.5. The monoisotopic (exact) mass is 269 g/mol. The van der Waals surface area contributed by atoms with Crippen LogP contribution in [0.15, 0.2) is 18.2 Å². The standard InChI is InChI=1S/C13H16ClNO3/c14-12-5-4-9(15)7-11(12)13(16)18-8-10-3-1-2-6-17-10/h4-5,7,10H,1-3,6,8,15H2. The predicted molar refractivity (Wildman–Crippen MR) is 69.7 cm³/mol. The van der Waals surface area contributed by atoms with Gasteiger partial charge in [0.2, 0.25) is 0 Å². The number of benzene rings is 1. The first-order chi connectivity index (χ1) is 8.66. The first kappa shape index (κ1) is 13.2. The van der Waals surface area contributed by atoms with Gasteiger partial charge in [0, 0.05) is 12.3 Å². The van der Waals surface area contributed by atoms with E-state index in [0.29, 0.717) is 16.3 Å². The number of anilines is 1. The van der Waals surface area contributed by atoms with Gasteiger partial charge in [-0.2, -0.15) is 0 Å². The summed E-state index contributed by atoms with van der Waals surface area (Å²) in [5, 5.41) is 0.346. The molecule has 0 radical (unpaired) electrons. The number of carbonyl (C=O) groups is 1. The molecule has 1 saturated heterocycles. The topological polar surface area (TPSA) is 61.6 Å². The van der Waals surface area contributed by atoms with Crippen LogP contribution in [-0.4, -0.2) is 25.3 Å². The molecule has 0 saturated carbocycles. The minimum atomic E-state index is -0.457. The Morgan fingerprint density at radius 2 is 2.33 bits per heavy atom. The summed E-state index contributed by atoms with van der Waals surface area (Å²) in [6.07, 6.45) is 3.12. The van der Waals surface area contributed by atoms with E-state index in [1.54, 1.807) is 12.1 Å². The van der Waals surface area contributed by atoms with Gasteiger partial charge in [-0.15, -0.1) is 0 Å². The minimum absolute atomic E-state index is 0.00235. The highest BCUT2D eigenvalue weighted by Crippen LogP contribution is 2.20. The molecule has 2 N–H and O–H groups in total. The van der Waals surface area contributed by atoms with Crippen LogP contribution in [0.3, 0.4) is 0 Å². The lowest BCUT2D eigenvalue weighted by Gasteiger charge is -2.22. The zero-order valence-electron chi connectivity index (χ0n) is 10.0. The fourth-order valence-corrected chi connectivity index (χ4v) is 2.08. The molecule has 1 unspecified atom stereocenters. The Hall–Kier alpha value is -1.26. The highest BCUT2D eigenvalue weighted by molar-refractivity contribution is 6.33. The lowest BCUT2D eigenvalue weighted by molar-refractivity contribution is -0.0300. The van der Waals surface area contributed by atoms with Gasteiger partial charge in [0.25, 0.3) is 0 Å². The molecule has 1 heterocycles. The Kier molecular flexibility index (Phi) is 4.44. The zero-order valence-corrected chi connectivity index (χ0v) is 10.8. The number of esters is 1. The molecule has 1 aromatic rings. The maximum atomic E-state index is 11.8. The number of halogens is 1. The van der Waals surface area contributed by atoms with Crippen molar-refractivity contribution >= 4 is 23.3 Å². The van der Waals surface area contributed by atoms with Crippen LogP contribution in [0, 0.1) is 0 Å². The van der Waals surface area contributed by atoms with Gasteiger partial charge >= 0.3 is 5.97 Å². The molecule has 2 rings (SSSR count). The summed E-state index contributed by atoms with van der Waals surface area (Å²) in [4.78, 5) is 11.8. The number of hydrogen-bond acceptors (Lipinski definition) is 4. The van der Waals surface area contributed by atoms with Crippen molar-refractivity contribution in [1.82, 2.24) is 0 Å². The summed E-state index contributed by atoms with van der Waals surface area (Å²) in [7, 11) is 0. The van der Waals surface area contributed by atoms with E-state index in [4.69, 9.17) is 26.8 Å². The van der Waals surface area contributed by atoms with Gasteiger partial charge in [0.1, 0.15) is 6.61 Å². The summed E-state index contributed by atoms with van der Waals surface area (Å²) >= 11 is 5.92. The van der Waals surface area contributed by atoms with Crippen molar-refractivity contribution in [2.24, 2.45) is 0 Å². The van der Waals surface area contributed by atoms with Gasteiger partial charge in [0.05, 0.1) is 16.7 Å². The average Bonchev–Trinajstić information content (AvgIpc) is 2.40. The van der Waals surface area contributed by atoms with E-state index in [1.165, 1.54) is 6.07 Å². The van der Waals surface area contributed by atoms with Crippen LogP contribution in [0.5, 0.6) is 0 Å². The van der Waals surface area contributed by atoms with E-state index in [0.717, 1.165) is 25.9 Å². The summed E-state index contributed by atoms with van der Waals surface area (Å²) < 4.78 is 10.7. The van der Waals surface area contributed by atoms with Gasteiger partial charge in [0.15, 0.2) is 0 Å². The molecule has 1 aliphatic heterocycles. The predicted octanol–water partition coefficient (Wildman–Crippen LogP) is 2.65. The maximum absolute atomic E-state index is 11.8. The molecular formula is C13H16ClNO3. The largest absolute Gasteiger partial charge is 0.459 e. The molecule has 0 spiro atoms. The van der Waals surface area contributed by atoms with Crippen molar-refractivity contribution in [3.8, 4) is 0 Å². The van der Waals surface area contributed by atoms with E-state index in [-0.39, 0.29) is 12.7 Å². The second-order valence-corrected chi connectivity index (χ2v) is 4.73. The van der Waals surface area contributed by atoms with E-state index in [2.05, 4.69) is 0 Å². The van der Waals surface area contributed by atoms with Crippen LogP contribution in [0.4, 0.5) is 5.69 Å². The Morgan fingerprint density at radius 3 is 3.06 bits per heavy atom. The molecule has 5 heteroatoms.